The van der Waals surface area contributed by atoms with Gasteiger partial charge in [0.2, 0.25) is 5.91 Å². The van der Waals surface area contributed by atoms with Gasteiger partial charge in [-0.3, -0.25) is 9.59 Å². The number of benzene rings is 1. The molecule has 1 aromatic carbocycles. The van der Waals surface area contributed by atoms with Crippen molar-refractivity contribution >= 4 is 11.9 Å². The van der Waals surface area contributed by atoms with Gasteiger partial charge in [0.25, 0.3) is 0 Å². The molecule has 0 aliphatic carbocycles. The molecule has 1 N–H and O–H groups in total. The number of aryl methyl sites for hydroxylation is 1. The minimum atomic E-state index is -0.938. The molecular formula is C19H25NO4. The topological polar surface area (TPSA) is 66.8 Å². The number of carboxylic acids is 1. The number of carboxylic acid groups (broad SMARTS) is 1. The van der Waals surface area contributed by atoms with Gasteiger partial charge in [0.05, 0.1) is 5.92 Å². The van der Waals surface area contributed by atoms with E-state index in [2.05, 4.69) is 0 Å². The van der Waals surface area contributed by atoms with Crippen LogP contribution in [0.2, 0.25) is 0 Å². The van der Waals surface area contributed by atoms with Crippen LogP contribution in [0.15, 0.2) is 24.3 Å². The summed E-state index contributed by atoms with van der Waals surface area (Å²) in [5, 5.41) is 9.53. The summed E-state index contributed by atoms with van der Waals surface area (Å²) in [7, 11) is 0. The molecule has 2 heterocycles. The molecule has 0 spiro atoms. The van der Waals surface area contributed by atoms with Crippen LogP contribution in [0.1, 0.15) is 36.3 Å². The van der Waals surface area contributed by atoms with Crippen LogP contribution in [0.3, 0.4) is 0 Å². The summed E-state index contributed by atoms with van der Waals surface area (Å²) >= 11 is 0. The van der Waals surface area contributed by atoms with E-state index in [-0.39, 0.29) is 12.3 Å². The standard InChI is InChI=1S/C19H25NO4/c1-13-2-4-14(5-3-13)17(19(22)23)10-18(21)20-8-6-15(11-20)16-7-9-24-12-16/h2-5,15-17H,6-12H2,1H3,(H,22,23). The van der Waals surface area contributed by atoms with Gasteiger partial charge in [0.1, 0.15) is 0 Å². The van der Waals surface area contributed by atoms with Gasteiger partial charge in [0.15, 0.2) is 0 Å². The highest BCUT2D eigenvalue weighted by molar-refractivity contribution is 5.86. The second kappa shape index (κ2) is 7.34. The van der Waals surface area contributed by atoms with E-state index in [0.29, 0.717) is 17.4 Å². The normalized spacial score (nSPS) is 25.0. The molecule has 0 bridgehead atoms. The molecule has 1 aromatic rings. The maximum absolute atomic E-state index is 12.6. The van der Waals surface area contributed by atoms with E-state index in [0.717, 1.165) is 44.7 Å². The fourth-order valence-electron chi connectivity index (χ4n) is 3.77. The number of amides is 1. The molecular weight excluding hydrogens is 306 g/mol. The number of carbonyl (C=O) groups is 2. The number of hydrogen-bond donors (Lipinski definition) is 1. The summed E-state index contributed by atoms with van der Waals surface area (Å²) < 4.78 is 5.45. The maximum Gasteiger partial charge on any atom is 0.311 e. The smallest absolute Gasteiger partial charge is 0.311 e. The van der Waals surface area contributed by atoms with Crippen LogP contribution in [-0.4, -0.2) is 48.2 Å². The Bertz CT molecular complexity index is 592. The Morgan fingerprint density at radius 3 is 2.62 bits per heavy atom. The third kappa shape index (κ3) is 3.78. The predicted molar refractivity (Wildman–Crippen MR) is 89.8 cm³/mol. The van der Waals surface area contributed by atoms with Crippen molar-refractivity contribution in [3.63, 3.8) is 0 Å². The highest BCUT2D eigenvalue weighted by Crippen LogP contribution is 2.31. The Kier molecular flexibility index (Phi) is 5.19. The van der Waals surface area contributed by atoms with Gasteiger partial charge < -0.3 is 14.7 Å². The fraction of sp³-hybridized carbons (Fsp3) is 0.579. The highest BCUT2D eigenvalue weighted by atomic mass is 16.5. The average Bonchev–Trinajstić information content (AvgIpc) is 3.24. The van der Waals surface area contributed by atoms with Crippen molar-refractivity contribution < 1.29 is 19.4 Å². The van der Waals surface area contributed by atoms with E-state index in [1.165, 1.54) is 0 Å². The zero-order valence-electron chi connectivity index (χ0n) is 14.1. The Labute approximate surface area is 142 Å². The van der Waals surface area contributed by atoms with E-state index in [1.54, 1.807) is 0 Å². The van der Waals surface area contributed by atoms with Crippen molar-refractivity contribution in [3.05, 3.63) is 35.4 Å². The van der Waals surface area contributed by atoms with Gasteiger partial charge in [0, 0.05) is 32.7 Å². The zero-order valence-corrected chi connectivity index (χ0v) is 14.1. The lowest BCUT2D eigenvalue weighted by molar-refractivity contribution is -0.142. The van der Waals surface area contributed by atoms with Crippen molar-refractivity contribution in [1.82, 2.24) is 4.90 Å². The number of aliphatic carboxylic acids is 1. The van der Waals surface area contributed by atoms with Gasteiger partial charge in [-0.15, -0.1) is 0 Å². The third-order valence-corrected chi connectivity index (χ3v) is 5.37. The second-order valence-electron chi connectivity index (χ2n) is 7.02. The Balaban J connectivity index is 1.61. The molecule has 5 heteroatoms. The van der Waals surface area contributed by atoms with Crippen LogP contribution >= 0.6 is 0 Å². The Morgan fingerprint density at radius 1 is 1.25 bits per heavy atom. The SMILES string of the molecule is Cc1ccc(C(CC(=O)N2CCC(C3CCOC3)C2)C(=O)O)cc1. The number of rotatable bonds is 5. The first-order chi connectivity index (χ1) is 11.5. The van der Waals surface area contributed by atoms with E-state index >= 15 is 0 Å². The maximum atomic E-state index is 12.6. The van der Waals surface area contributed by atoms with Crippen molar-refractivity contribution in [2.24, 2.45) is 11.8 Å². The van der Waals surface area contributed by atoms with Crippen LogP contribution in [0.5, 0.6) is 0 Å². The van der Waals surface area contributed by atoms with Crippen LogP contribution in [-0.2, 0) is 14.3 Å². The summed E-state index contributed by atoms with van der Waals surface area (Å²) in [6, 6.07) is 7.40. The molecule has 3 atom stereocenters. The summed E-state index contributed by atoms with van der Waals surface area (Å²) in [6.45, 7) is 5.06. The zero-order chi connectivity index (χ0) is 17.1. The summed E-state index contributed by atoms with van der Waals surface area (Å²) in [6.07, 6.45) is 2.11. The molecule has 2 aliphatic heterocycles. The fourth-order valence-corrected chi connectivity index (χ4v) is 3.77. The van der Waals surface area contributed by atoms with E-state index in [4.69, 9.17) is 4.74 Å². The Hall–Kier alpha value is -1.88. The van der Waals surface area contributed by atoms with Crippen molar-refractivity contribution in [1.29, 1.82) is 0 Å². The Morgan fingerprint density at radius 2 is 2.00 bits per heavy atom. The van der Waals surface area contributed by atoms with Crippen molar-refractivity contribution in [3.8, 4) is 0 Å². The summed E-state index contributed by atoms with van der Waals surface area (Å²) in [4.78, 5) is 26.1. The predicted octanol–water partition coefficient (Wildman–Crippen LogP) is 2.44. The third-order valence-electron chi connectivity index (χ3n) is 5.37. The lowest BCUT2D eigenvalue weighted by Crippen LogP contribution is -2.32. The van der Waals surface area contributed by atoms with Crippen molar-refractivity contribution in [2.75, 3.05) is 26.3 Å². The van der Waals surface area contributed by atoms with Crippen molar-refractivity contribution in [2.45, 2.75) is 32.1 Å². The molecule has 2 saturated heterocycles. The molecule has 130 valence electrons. The average molecular weight is 331 g/mol. The number of carbonyl (C=O) groups excluding carboxylic acids is 1. The van der Waals surface area contributed by atoms with Gasteiger partial charge in [-0.25, -0.2) is 0 Å². The van der Waals surface area contributed by atoms with E-state index in [9.17, 15) is 14.7 Å². The number of hydrogen-bond acceptors (Lipinski definition) is 3. The first-order valence-corrected chi connectivity index (χ1v) is 8.69. The molecule has 0 radical (unpaired) electrons. The lowest BCUT2D eigenvalue weighted by atomic mass is 9.91. The first-order valence-electron chi connectivity index (χ1n) is 8.69. The number of nitrogens with zero attached hydrogens (tertiary/aromatic N) is 1. The van der Waals surface area contributed by atoms with Gasteiger partial charge in [-0.05, 0) is 37.2 Å². The molecule has 0 saturated carbocycles. The van der Waals surface area contributed by atoms with Crippen LogP contribution < -0.4 is 0 Å². The molecule has 2 fully saturated rings. The van der Waals surface area contributed by atoms with Gasteiger partial charge >= 0.3 is 5.97 Å². The first kappa shape index (κ1) is 17.0. The largest absolute Gasteiger partial charge is 0.481 e. The highest BCUT2D eigenvalue weighted by Gasteiger charge is 2.35. The monoisotopic (exact) mass is 331 g/mol. The van der Waals surface area contributed by atoms with Gasteiger partial charge in [-0.1, -0.05) is 29.8 Å². The number of likely N-dealkylation sites (tertiary alicyclic amines) is 1. The quantitative estimate of drug-likeness (QED) is 0.900. The van der Waals surface area contributed by atoms with Crippen LogP contribution in [0.4, 0.5) is 0 Å². The molecule has 3 rings (SSSR count). The molecule has 2 aliphatic rings. The molecule has 5 nitrogen and oxygen atoms in total. The molecule has 1 amide bonds. The molecule has 24 heavy (non-hydrogen) atoms. The summed E-state index contributed by atoms with van der Waals surface area (Å²) in [5.74, 6) is -0.710. The second-order valence-corrected chi connectivity index (χ2v) is 7.02. The molecule has 3 unspecified atom stereocenters. The van der Waals surface area contributed by atoms with Crippen LogP contribution in [0, 0.1) is 18.8 Å². The van der Waals surface area contributed by atoms with Crippen LogP contribution in [0.25, 0.3) is 0 Å². The lowest BCUT2D eigenvalue weighted by Gasteiger charge is -2.21. The van der Waals surface area contributed by atoms with Gasteiger partial charge in [-0.2, -0.15) is 0 Å². The molecule has 0 aromatic heterocycles. The minimum absolute atomic E-state index is 0.0340. The summed E-state index contributed by atoms with van der Waals surface area (Å²) in [5.41, 5.74) is 1.77. The van der Waals surface area contributed by atoms with E-state index < -0.39 is 11.9 Å². The number of ether oxygens (including phenoxy) is 1. The van der Waals surface area contributed by atoms with E-state index in [1.807, 2.05) is 36.1 Å². The minimum Gasteiger partial charge on any atom is -0.481 e.